The highest BCUT2D eigenvalue weighted by Gasteiger charge is 2.22. The Bertz CT molecular complexity index is 607. The second kappa shape index (κ2) is 5.73. The molecule has 104 valence electrons. The Hall–Kier alpha value is -1.71. The molecule has 20 heavy (non-hydrogen) atoms. The van der Waals surface area contributed by atoms with Gasteiger partial charge < -0.3 is 11.5 Å². The van der Waals surface area contributed by atoms with E-state index in [1.165, 1.54) is 34.4 Å². The van der Waals surface area contributed by atoms with Gasteiger partial charge in [-0.15, -0.1) is 0 Å². The molecule has 0 spiro atoms. The first-order valence-electron chi connectivity index (χ1n) is 7.26. The smallest absolute Gasteiger partial charge is 0.0441 e. The number of rotatable bonds is 3. The first kappa shape index (κ1) is 13.3. The highest BCUT2D eigenvalue weighted by molar-refractivity contribution is 5.37. The molecule has 0 saturated carbocycles. The van der Waals surface area contributed by atoms with Gasteiger partial charge in [0.1, 0.15) is 0 Å². The van der Waals surface area contributed by atoms with Crippen molar-refractivity contribution in [1.82, 2.24) is 4.98 Å². The lowest BCUT2D eigenvalue weighted by Crippen LogP contribution is -2.17. The Morgan fingerprint density at radius 1 is 1.15 bits per heavy atom. The molecule has 1 aromatic heterocycles. The van der Waals surface area contributed by atoms with Gasteiger partial charge in [-0.05, 0) is 53.5 Å². The van der Waals surface area contributed by atoms with E-state index in [-0.39, 0.29) is 0 Å². The van der Waals surface area contributed by atoms with Gasteiger partial charge in [-0.3, -0.25) is 4.98 Å². The van der Waals surface area contributed by atoms with Crippen molar-refractivity contribution in [2.45, 2.75) is 38.3 Å². The summed E-state index contributed by atoms with van der Waals surface area (Å²) in [6, 6.07) is 10.7. The Kier molecular flexibility index (Phi) is 3.81. The van der Waals surface area contributed by atoms with Crippen molar-refractivity contribution in [3.05, 3.63) is 64.5 Å². The van der Waals surface area contributed by atoms with Crippen LogP contribution in [-0.4, -0.2) is 4.98 Å². The number of nitrogens with zero attached hydrogens (tertiary/aromatic N) is 1. The highest BCUT2D eigenvalue weighted by atomic mass is 14.7. The average Bonchev–Trinajstić information content (AvgIpc) is 2.53. The van der Waals surface area contributed by atoms with Crippen LogP contribution in [-0.2, 0) is 25.9 Å². The molecule has 4 N–H and O–H groups in total. The number of hydrogen-bond acceptors (Lipinski definition) is 3. The molecule has 0 aliphatic heterocycles. The molecular weight excluding hydrogens is 246 g/mol. The molecule has 0 bridgehead atoms. The number of pyridine rings is 1. The monoisotopic (exact) mass is 267 g/mol. The maximum absolute atomic E-state index is 5.90. The van der Waals surface area contributed by atoms with Crippen molar-refractivity contribution in [3.8, 4) is 0 Å². The van der Waals surface area contributed by atoms with Gasteiger partial charge >= 0.3 is 0 Å². The third-order valence-electron chi connectivity index (χ3n) is 4.29. The summed E-state index contributed by atoms with van der Waals surface area (Å²) in [7, 11) is 0. The topological polar surface area (TPSA) is 64.9 Å². The summed E-state index contributed by atoms with van der Waals surface area (Å²) in [5, 5.41) is 0. The molecule has 0 amide bonds. The number of hydrogen-bond donors (Lipinski definition) is 2. The summed E-state index contributed by atoms with van der Waals surface area (Å²) in [6.45, 7) is 1.17. The van der Waals surface area contributed by atoms with Crippen molar-refractivity contribution in [2.24, 2.45) is 11.5 Å². The van der Waals surface area contributed by atoms with Crippen molar-refractivity contribution in [1.29, 1.82) is 0 Å². The maximum Gasteiger partial charge on any atom is 0.0441 e. The summed E-state index contributed by atoms with van der Waals surface area (Å²) in [5.41, 5.74) is 18.1. The fourth-order valence-corrected chi connectivity index (χ4v) is 3.15. The van der Waals surface area contributed by atoms with E-state index >= 15 is 0 Å². The Labute approximate surface area is 120 Å². The Balaban J connectivity index is 1.94. The molecule has 0 saturated heterocycles. The van der Waals surface area contributed by atoms with Gasteiger partial charge in [-0.1, -0.05) is 24.3 Å². The molecule has 0 fully saturated rings. The third kappa shape index (κ3) is 2.47. The van der Waals surface area contributed by atoms with Crippen LogP contribution in [0.2, 0.25) is 0 Å². The summed E-state index contributed by atoms with van der Waals surface area (Å²) in [6.07, 6.45) is 5.17. The van der Waals surface area contributed by atoms with Crippen LogP contribution >= 0.6 is 0 Å². The van der Waals surface area contributed by atoms with E-state index in [0.717, 1.165) is 12.8 Å². The molecule has 3 rings (SSSR count). The van der Waals surface area contributed by atoms with Crippen LogP contribution in [0.1, 0.15) is 40.3 Å². The number of aromatic nitrogens is 1. The van der Waals surface area contributed by atoms with E-state index in [0.29, 0.717) is 19.0 Å². The van der Waals surface area contributed by atoms with Crippen LogP contribution in [0, 0.1) is 0 Å². The predicted octanol–water partition coefficient (Wildman–Crippen LogP) is 2.27. The summed E-state index contributed by atoms with van der Waals surface area (Å²) in [4.78, 5) is 4.54. The Morgan fingerprint density at radius 2 is 2.05 bits per heavy atom. The zero-order valence-electron chi connectivity index (χ0n) is 11.7. The molecule has 1 aromatic carbocycles. The molecule has 1 aliphatic carbocycles. The molecule has 2 aromatic rings. The maximum atomic E-state index is 5.90. The SMILES string of the molecule is NCc1ccc(CN)c(C2CCc3cccnc3C2)c1. The molecule has 0 radical (unpaired) electrons. The summed E-state index contributed by atoms with van der Waals surface area (Å²) >= 11 is 0. The largest absolute Gasteiger partial charge is 0.326 e. The van der Waals surface area contributed by atoms with Crippen molar-refractivity contribution < 1.29 is 0 Å². The van der Waals surface area contributed by atoms with Crippen LogP contribution in [0.5, 0.6) is 0 Å². The highest BCUT2D eigenvalue weighted by Crippen LogP contribution is 2.33. The molecule has 3 heteroatoms. The number of nitrogens with two attached hydrogens (primary N) is 2. The summed E-state index contributed by atoms with van der Waals surface area (Å²) in [5.74, 6) is 0.516. The van der Waals surface area contributed by atoms with Gasteiger partial charge in [0.15, 0.2) is 0 Å². The molecule has 1 unspecified atom stereocenters. The normalized spacial score (nSPS) is 17.8. The first-order chi connectivity index (χ1) is 9.81. The molecule has 1 atom stereocenters. The van der Waals surface area contributed by atoms with Gasteiger partial charge in [-0.25, -0.2) is 0 Å². The minimum atomic E-state index is 0.516. The lowest BCUT2D eigenvalue weighted by atomic mass is 9.80. The fraction of sp³-hybridized carbons (Fsp3) is 0.353. The molecule has 1 aliphatic rings. The van der Waals surface area contributed by atoms with Gasteiger partial charge in [-0.2, -0.15) is 0 Å². The molecular formula is C17H21N3. The van der Waals surface area contributed by atoms with Crippen LogP contribution in [0.4, 0.5) is 0 Å². The van der Waals surface area contributed by atoms with Crippen molar-refractivity contribution in [3.63, 3.8) is 0 Å². The average molecular weight is 267 g/mol. The van der Waals surface area contributed by atoms with E-state index < -0.39 is 0 Å². The van der Waals surface area contributed by atoms with E-state index in [9.17, 15) is 0 Å². The second-order valence-electron chi connectivity index (χ2n) is 5.49. The molecule has 1 heterocycles. The first-order valence-corrected chi connectivity index (χ1v) is 7.26. The number of fused-ring (bicyclic) bond motifs is 1. The zero-order valence-corrected chi connectivity index (χ0v) is 11.7. The minimum absolute atomic E-state index is 0.516. The van der Waals surface area contributed by atoms with E-state index in [4.69, 9.17) is 11.5 Å². The fourth-order valence-electron chi connectivity index (χ4n) is 3.15. The summed E-state index contributed by atoms with van der Waals surface area (Å²) < 4.78 is 0. The van der Waals surface area contributed by atoms with Crippen LogP contribution < -0.4 is 11.5 Å². The van der Waals surface area contributed by atoms with Crippen LogP contribution in [0.25, 0.3) is 0 Å². The molecule has 3 nitrogen and oxygen atoms in total. The van der Waals surface area contributed by atoms with Crippen LogP contribution in [0.15, 0.2) is 36.5 Å². The van der Waals surface area contributed by atoms with E-state index in [1.54, 1.807) is 0 Å². The third-order valence-corrected chi connectivity index (χ3v) is 4.29. The van der Waals surface area contributed by atoms with E-state index in [2.05, 4.69) is 29.2 Å². The minimum Gasteiger partial charge on any atom is -0.326 e. The van der Waals surface area contributed by atoms with Crippen molar-refractivity contribution >= 4 is 0 Å². The predicted molar refractivity (Wildman–Crippen MR) is 81.2 cm³/mol. The van der Waals surface area contributed by atoms with Crippen LogP contribution in [0.3, 0.4) is 0 Å². The number of benzene rings is 1. The quantitative estimate of drug-likeness (QED) is 0.896. The lowest BCUT2D eigenvalue weighted by Gasteiger charge is -2.26. The van der Waals surface area contributed by atoms with Crippen molar-refractivity contribution in [2.75, 3.05) is 0 Å². The lowest BCUT2D eigenvalue weighted by molar-refractivity contribution is 0.568. The van der Waals surface area contributed by atoms with Gasteiger partial charge in [0.05, 0.1) is 0 Å². The van der Waals surface area contributed by atoms with Gasteiger partial charge in [0.25, 0.3) is 0 Å². The van der Waals surface area contributed by atoms with Gasteiger partial charge in [0, 0.05) is 25.0 Å². The number of aryl methyl sites for hydroxylation is 1. The second-order valence-corrected chi connectivity index (χ2v) is 5.49. The standard InChI is InChI=1S/C17H21N3/c18-10-12-3-4-15(11-19)16(8-12)14-6-5-13-2-1-7-20-17(13)9-14/h1-4,7-8,14H,5-6,9-11,18-19H2. The Morgan fingerprint density at radius 3 is 2.85 bits per heavy atom. The van der Waals surface area contributed by atoms with E-state index in [1.807, 2.05) is 12.3 Å². The van der Waals surface area contributed by atoms with Gasteiger partial charge in [0.2, 0.25) is 0 Å². The zero-order chi connectivity index (χ0) is 13.9.